The van der Waals surface area contributed by atoms with Crippen molar-refractivity contribution in [1.29, 1.82) is 0 Å². The molecule has 0 spiro atoms. The van der Waals surface area contributed by atoms with E-state index >= 15 is 0 Å². The topological polar surface area (TPSA) is 99.9 Å². The normalized spacial score (nSPS) is 11.1. The lowest BCUT2D eigenvalue weighted by Gasteiger charge is -2.09. The van der Waals surface area contributed by atoms with Gasteiger partial charge >= 0.3 is 6.09 Å². The molecule has 4 N–H and O–H groups in total. The third-order valence-corrected chi connectivity index (χ3v) is 3.19. The molecule has 120 valence electrons. The molecular formula is C17H19N3O3. The molecule has 0 radical (unpaired) electrons. The maximum Gasteiger partial charge on any atom is 0.435 e. The minimum absolute atomic E-state index is 0.0310. The van der Waals surface area contributed by atoms with Gasteiger partial charge in [-0.2, -0.15) is 4.99 Å². The minimum Gasteiger partial charge on any atom is -0.496 e. The second kappa shape index (κ2) is 7.95. The van der Waals surface area contributed by atoms with Crippen molar-refractivity contribution < 1.29 is 14.3 Å². The first-order chi connectivity index (χ1) is 11.1. The van der Waals surface area contributed by atoms with Crippen LogP contribution >= 0.6 is 0 Å². The number of methoxy groups -OCH3 is 1. The number of carbonyl (C=O) groups excluding carboxylic acids is 1. The van der Waals surface area contributed by atoms with Crippen molar-refractivity contribution in [1.82, 2.24) is 0 Å². The zero-order valence-electron chi connectivity index (χ0n) is 12.9. The van der Waals surface area contributed by atoms with Crippen molar-refractivity contribution in [2.45, 2.75) is 13.2 Å². The number of amides is 1. The molecule has 2 aromatic carbocycles. The van der Waals surface area contributed by atoms with Crippen LogP contribution in [0.3, 0.4) is 0 Å². The Morgan fingerprint density at radius 3 is 2.52 bits per heavy atom. The van der Waals surface area contributed by atoms with Crippen molar-refractivity contribution in [3.8, 4) is 5.75 Å². The molecule has 0 aliphatic carbocycles. The summed E-state index contributed by atoms with van der Waals surface area (Å²) in [7, 11) is 1.51. The van der Waals surface area contributed by atoms with Crippen LogP contribution in [-0.2, 0) is 17.9 Å². The van der Waals surface area contributed by atoms with Gasteiger partial charge in [0.05, 0.1) is 12.7 Å². The van der Waals surface area contributed by atoms with Crippen molar-refractivity contribution in [2.24, 2.45) is 16.5 Å². The van der Waals surface area contributed by atoms with Gasteiger partial charge in [-0.1, -0.05) is 36.4 Å². The number of nitrogens with zero attached hydrogens (tertiary/aromatic N) is 1. The Kier molecular flexibility index (Phi) is 5.71. The van der Waals surface area contributed by atoms with Gasteiger partial charge in [-0.15, -0.1) is 0 Å². The molecule has 0 unspecified atom stereocenters. The molecule has 0 aromatic heterocycles. The number of nitrogens with two attached hydrogens (primary N) is 2. The lowest BCUT2D eigenvalue weighted by Crippen LogP contribution is -2.17. The van der Waals surface area contributed by atoms with Crippen LogP contribution in [0.15, 0.2) is 53.5 Å². The fraction of sp³-hybridized carbons (Fsp3) is 0.176. The minimum atomic E-state index is -0.753. The van der Waals surface area contributed by atoms with E-state index in [1.54, 1.807) is 18.2 Å². The van der Waals surface area contributed by atoms with E-state index in [0.29, 0.717) is 17.9 Å². The molecule has 1 amide bonds. The van der Waals surface area contributed by atoms with Crippen LogP contribution in [0.5, 0.6) is 5.75 Å². The van der Waals surface area contributed by atoms with E-state index in [1.165, 1.54) is 7.11 Å². The molecule has 23 heavy (non-hydrogen) atoms. The summed E-state index contributed by atoms with van der Waals surface area (Å²) >= 11 is 0. The van der Waals surface area contributed by atoms with Gasteiger partial charge in [0, 0.05) is 6.54 Å². The Hall–Kier alpha value is -2.86. The predicted molar refractivity (Wildman–Crippen MR) is 88.2 cm³/mol. The van der Waals surface area contributed by atoms with Crippen molar-refractivity contribution in [3.63, 3.8) is 0 Å². The monoisotopic (exact) mass is 313 g/mol. The largest absolute Gasteiger partial charge is 0.496 e. The first-order valence-corrected chi connectivity index (χ1v) is 7.06. The van der Waals surface area contributed by atoms with Crippen molar-refractivity contribution in [3.05, 3.63) is 65.2 Å². The Balaban J connectivity index is 2.08. The summed E-state index contributed by atoms with van der Waals surface area (Å²) in [5.41, 5.74) is 13.7. The zero-order chi connectivity index (χ0) is 16.7. The summed E-state index contributed by atoms with van der Waals surface area (Å²) in [5, 5.41) is 0. The number of carbonyl (C=O) groups is 1. The Labute approximate surface area is 134 Å². The van der Waals surface area contributed by atoms with Gasteiger partial charge in [0.25, 0.3) is 0 Å². The molecule has 2 rings (SSSR count). The highest BCUT2D eigenvalue weighted by molar-refractivity contribution is 6.04. The second-order valence-electron chi connectivity index (χ2n) is 4.78. The number of ether oxygens (including phenoxy) is 2. The van der Waals surface area contributed by atoms with E-state index in [-0.39, 0.29) is 12.4 Å². The van der Waals surface area contributed by atoms with E-state index in [9.17, 15) is 4.79 Å². The lowest BCUT2D eigenvalue weighted by molar-refractivity contribution is 0.151. The van der Waals surface area contributed by atoms with Crippen LogP contribution in [0.4, 0.5) is 4.79 Å². The third-order valence-electron chi connectivity index (χ3n) is 3.19. The van der Waals surface area contributed by atoms with Crippen LogP contribution in [0.25, 0.3) is 0 Å². The molecule has 6 heteroatoms. The summed E-state index contributed by atoms with van der Waals surface area (Å²) in [6.07, 6.45) is -0.753. The van der Waals surface area contributed by atoms with Crippen LogP contribution < -0.4 is 16.2 Å². The average molecular weight is 313 g/mol. The molecular weight excluding hydrogens is 294 g/mol. The summed E-state index contributed by atoms with van der Waals surface area (Å²) in [6, 6.07) is 14.6. The van der Waals surface area contributed by atoms with E-state index in [0.717, 1.165) is 11.1 Å². The van der Waals surface area contributed by atoms with E-state index < -0.39 is 6.09 Å². The highest BCUT2D eigenvalue weighted by atomic mass is 16.5. The van der Waals surface area contributed by atoms with Gasteiger partial charge in [0.1, 0.15) is 18.2 Å². The van der Waals surface area contributed by atoms with Crippen LogP contribution in [0.2, 0.25) is 0 Å². The summed E-state index contributed by atoms with van der Waals surface area (Å²) < 4.78 is 10.3. The van der Waals surface area contributed by atoms with Crippen LogP contribution in [0.1, 0.15) is 16.7 Å². The van der Waals surface area contributed by atoms with Gasteiger partial charge in [-0.3, -0.25) is 0 Å². The number of benzene rings is 2. The SMILES string of the molecule is COc1cc(CN)ccc1C(N)=NC(=O)OCc1ccccc1. The zero-order valence-corrected chi connectivity index (χ0v) is 12.9. The maximum atomic E-state index is 11.8. The molecule has 0 saturated heterocycles. The van der Waals surface area contributed by atoms with E-state index in [2.05, 4.69) is 4.99 Å². The van der Waals surface area contributed by atoms with Crippen molar-refractivity contribution in [2.75, 3.05) is 7.11 Å². The Morgan fingerprint density at radius 1 is 1.13 bits per heavy atom. The van der Waals surface area contributed by atoms with Crippen molar-refractivity contribution >= 4 is 11.9 Å². The van der Waals surface area contributed by atoms with Gasteiger partial charge in [-0.05, 0) is 23.3 Å². The number of amidine groups is 1. The number of hydrogen-bond acceptors (Lipinski definition) is 4. The highest BCUT2D eigenvalue weighted by Gasteiger charge is 2.10. The fourth-order valence-electron chi connectivity index (χ4n) is 1.98. The fourth-order valence-corrected chi connectivity index (χ4v) is 1.98. The Morgan fingerprint density at radius 2 is 1.87 bits per heavy atom. The Bertz CT molecular complexity index is 699. The lowest BCUT2D eigenvalue weighted by atomic mass is 10.1. The van der Waals surface area contributed by atoms with E-state index in [4.69, 9.17) is 20.9 Å². The predicted octanol–water partition coefficient (Wildman–Crippen LogP) is 2.20. The molecule has 0 bridgehead atoms. The molecule has 0 heterocycles. The standard InChI is InChI=1S/C17H19N3O3/c1-22-15-9-13(10-18)7-8-14(15)16(19)20-17(21)23-11-12-5-3-2-4-6-12/h2-9H,10-11,18H2,1H3,(H2,19,20,21). The van der Waals surface area contributed by atoms with Crippen LogP contribution in [-0.4, -0.2) is 19.0 Å². The third kappa shape index (κ3) is 4.55. The van der Waals surface area contributed by atoms with Gasteiger partial charge in [0.2, 0.25) is 0 Å². The van der Waals surface area contributed by atoms with Gasteiger partial charge in [-0.25, -0.2) is 4.79 Å². The molecule has 0 aliphatic rings. The first-order valence-electron chi connectivity index (χ1n) is 7.06. The first kappa shape index (κ1) is 16.5. The smallest absolute Gasteiger partial charge is 0.435 e. The second-order valence-corrected chi connectivity index (χ2v) is 4.78. The van der Waals surface area contributed by atoms with Gasteiger partial charge in [0.15, 0.2) is 0 Å². The van der Waals surface area contributed by atoms with Crippen LogP contribution in [0, 0.1) is 0 Å². The molecule has 0 aliphatic heterocycles. The van der Waals surface area contributed by atoms with Gasteiger partial charge < -0.3 is 20.9 Å². The maximum absolute atomic E-state index is 11.8. The summed E-state index contributed by atoms with van der Waals surface area (Å²) in [4.78, 5) is 15.5. The number of rotatable bonds is 5. The van der Waals surface area contributed by atoms with E-state index in [1.807, 2.05) is 30.3 Å². The quantitative estimate of drug-likeness (QED) is 0.651. The number of hydrogen-bond donors (Lipinski definition) is 2. The average Bonchev–Trinajstić information content (AvgIpc) is 2.60. The summed E-state index contributed by atoms with van der Waals surface area (Å²) in [6.45, 7) is 0.520. The summed E-state index contributed by atoms with van der Waals surface area (Å²) in [5.74, 6) is 0.536. The molecule has 6 nitrogen and oxygen atoms in total. The number of aliphatic imine (C=N–C) groups is 1. The molecule has 0 atom stereocenters. The molecule has 2 aromatic rings. The highest BCUT2D eigenvalue weighted by Crippen LogP contribution is 2.20. The molecule has 0 fully saturated rings. The molecule has 0 saturated carbocycles.